The van der Waals surface area contributed by atoms with Gasteiger partial charge in [0.05, 0.1) is 6.54 Å². The fourth-order valence-electron chi connectivity index (χ4n) is 2.54. The van der Waals surface area contributed by atoms with Crippen LogP contribution < -0.4 is 0 Å². The minimum absolute atomic E-state index is 0.0185. The molecule has 0 heterocycles. The van der Waals surface area contributed by atoms with Gasteiger partial charge in [0.2, 0.25) is 5.91 Å². The second-order valence-corrected chi connectivity index (χ2v) is 5.91. The number of carboxylic acid groups (broad SMARTS) is 1. The highest BCUT2D eigenvalue weighted by Gasteiger charge is 2.37. The SMILES string of the molecule is CC(C(=O)O)N(CC(=O)N(C(C)C)C(C)C)C1CC1. The summed E-state index contributed by atoms with van der Waals surface area (Å²) in [5.41, 5.74) is 0. The number of hydrogen-bond acceptors (Lipinski definition) is 3. The number of aliphatic carboxylic acids is 1. The highest BCUT2D eigenvalue weighted by molar-refractivity contribution is 5.80. The third-order valence-electron chi connectivity index (χ3n) is 3.59. The average Bonchev–Trinajstić information content (AvgIpc) is 3.07. The molecular formula is C14H26N2O3. The van der Waals surface area contributed by atoms with E-state index in [4.69, 9.17) is 5.11 Å². The maximum atomic E-state index is 12.4. The summed E-state index contributed by atoms with van der Waals surface area (Å²) in [7, 11) is 0. The van der Waals surface area contributed by atoms with Crippen LogP contribution in [-0.4, -0.2) is 57.5 Å². The van der Waals surface area contributed by atoms with Crippen molar-refractivity contribution in [1.29, 1.82) is 0 Å². The van der Waals surface area contributed by atoms with Crippen LogP contribution >= 0.6 is 0 Å². The topological polar surface area (TPSA) is 60.9 Å². The maximum absolute atomic E-state index is 12.4. The van der Waals surface area contributed by atoms with Gasteiger partial charge in [-0.15, -0.1) is 0 Å². The van der Waals surface area contributed by atoms with Gasteiger partial charge < -0.3 is 10.0 Å². The van der Waals surface area contributed by atoms with Gasteiger partial charge in [-0.2, -0.15) is 0 Å². The molecule has 1 N–H and O–H groups in total. The summed E-state index contributed by atoms with van der Waals surface area (Å²) >= 11 is 0. The fraction of sp³-hybridized carbons (Fsp3) is 0.857. The van der Waals surface area contributed by atoms with Gasteiger partial charge in [0, 0.05) is 18.1 Å². The molecule has 1 aliphatic carbocycles. The molecule has 110 valence electrons. The third kappa shape index (κ3) is 4.20. The van der Waals surface area contributed by atoms with Crippen LogP contribution in [0.15, 0.2) is 0 Å². The van der Waals surface area contributed by atoms with E-state index in [1.54, 1.807) is 6.92 Å². The lowest BCUT2D eigenvalue weighted by Crippen LogP contribution is -2.51. The summed E-state index contributed by atoms with van der Waals surface area (Å²) in [4.78, 5) is 27.2. The van der Waals surface area contributed by atoms with Crippen LogP contribution in [0.2, 0.25) is 0 Å². The summed E-state index contributed by atoms with van der Waals surface area (Å²) in [5.74, 6) is -0.842. The highest BCUT2D eigenvalue weighted by atomic mass is 16.4. The van der Waals surface area contributed by atoms with E-state index >= 15 is 0 Å². The van der Waals surface area contributed by atoms with Crippen molar-refractivity contribution >= 4 is 11.9 Å². The first kappa shape index (κ1) is 16.0. The Hall–Kier alpha value is -1.10. The van der Waals surface area contributed by atoms with Crippen molar-refractivity contribution < 1.29 is 14.7 Å². The van der Waals surface area contributed by atoms with Gasteiger partial charge in [-0.3, -0.25) is 14.5 Å². The Morgan fingerprint density at radius 1 is 1.11 bits per heavy atom. The Bertz CT molecular complexity index is 330. The Kier molecular flexibility index (Phi) is 5.35. The lowest BCUT2D eigenvalue weighted by molar-refractivity contribution is -0.145. The molecule has 5 heteroatoms. The lowest BCUT2D eigenvalue weighted by Gasteiger charge is -2.34. The van der Waals surface area contributed by atoms with Crippen LogP contribution in [0.4, 0.5) is 0 Å². The molecule has 1 amide bonds. The first-order valence-corrected chi connectivity index (χ1v) is 7.05. The zero-order valence-corrected chi connectivity index (χ0v) is 12.6. The second kappa shape index (κ2) is 6.37. The molecule has 1 rings (SSSR count). The molecule has 1 fully saturated rings. The molecule has 0 aromatic rings. The van der Waals surface area contributed by atoms with Crippen LogP contribution in [-0.2, 0) is 9.59 Å². The Morgan fingerprint density at radius 3 is 1.89 bits per heavy atom. The Morgan fingerprint density at radius 2 is 1.58 bits per heavy atom. The number of carbonyl (C=O) groups is 2. The van der Waals surface area contributed by atoms with E-state index in [1.807, 2.05) is 37.5 Å². The number of nitrogens with zero attached hydrogens (tertiary/aromatic N) is 2. The van der Waals surface area contributed by atoms with Crippen LogP contribution in [0.3, 0.4) is 0 Å². The molecule has 1 unspecified atom stereocenters. The molecule has 0 saturated heterocycles. The van der Waals surface area contributed by atoms with E-state index in [0.717, 1.165) is 12.8 Å². The third-order valence-corrected chi connectivity index (χ3v) is 3.59. The summed E-state index contributed by atoms with van der Waals surface area (Å²) in [6, 6.07) is -0.0729. The molecular weight excluding hydrogens is 244 g/mol. The van der Waals surface area contributed by atoms with Crippen molar-refractivity contribution in [1.82, 2.24) is 9.80 Å². The molecule has 0 aromatic heterocycles. The largest absolute Gasteiger partial charge is 0.480 e. The van der Waals surface area contributed by atoms with E-state index in [-0.39, 0.29) is 30.6 Å². The van der Waals surface area contributed by atoms with E-state index in [1.165, 1.54) is 0 Å². The molecule has 19 heavy (non-hydrogen) atoms. The first-order chi connectivity index (χ1) is 8.75. The summed E-state index contributed by atoms with van der Waals surface area (Å²) in [6.45, 7) is 9.80. The number of amides is 1. The smallest absolute Gasteiger partial charge is 0.320 e. The van der Waals surface area contributed by atoms with Crippen molar-refractivity contribution in [2.45, 2.75) is 71.6 Å². The quantitative estimate of drug-likeness (QED) is 0.763. The van der Waals surface area contributed by atoms with E-state index < -0.39 is 12.0 Å². The van der Waals surface area contributed by atoms with Crippen LogP contribution in [0.1, 0.15) is 47.5 Å². The van der Waals surface area contributed by atoms with Crippen molar-refractivity contribution in [3.8, 4) is 0 Å². The molecule has 0 aliphatic heterocycles. The first-order valence-electron chi connectivity index (χ1n) is 7.05. The van der Waals surface area contributed by atoms with Gasteiger partial charge in [-0.25, -0.2) is 0 Å². The second-order valence-electron chi connectivity index (χ2n) is 5.91. The lowest BCUT2D eigenvalue weighted by atomic mass is 10.2. The minimum Gasteiger partial charge on any atom is -0.480 e. The average molecular weight is 270 g/mol. The molecule has 0 aromatic carbocycles. The molecule has 1 saturated carbocycles. The number of rotatable bonds is 7. The summed E-state index contributed by atoms with van der Waals surface area (Å²) < 4.78 is 0. The van der Waals surface area contributed by atoms with Crippen LogP contribution in [0, 0.1) is 0 Å². The fourth-order valence-corrected chi connectivity index (χ4v) is 2.54. The van der Waals surface area contributed by atoms with Gasteiger partial charge in [0.15, 0.2) is 0 Å². The van der Waals surface area contributed by atoms with E-state index in [2.05, 4.69) is 0 Å². The number of carbonyl (C=O) groups excluding carboxylic acids is 1. The molecule has 0 radical (unpaired) electrons. The number of carboxylic acids is 1. The molecule has 0 bridgehead atoms. The highest BCUT2D eigenvalue weighted by Crippen LogP contribution is 2.28. The monoisotopic (exact) mass is 270 g/mol. The molecule has 1 aliphatic rings. The van der Waals surface area contributed by atoms with E-state index in [9.17, 15) is 9.59 Å². The minimum atomic E-state index is -0.861. The van der Waals surface area contributed by atoms with Crippen LogP contribution in [0.5, 0.6) is 0 Å². The zero-order chi connectivity index (χ0) is 14.7. The molecule has 1 atom stereocenters. The van der Waals surface area contributed by atoms with Gasteiger partial charge in [-0.1, -0.05) is 0 Å². The Labute approximate surface area is 115 Å². The van der Waals surface area contributed by atoms with Gasteiger partial charge in [0.1, 0.15) is 6.04 Å². The van der Waals surface area contributed by atoms with Gasteiger partial charge in [0.25, 0.3) is 0 Å². The zero-order valence-electron chi connectivity index (χ0n) is 12.6. The van der Waals surface area contributed by atoms with E-state index in [0.29, 0.717) is 0 Å². The summed E-state index contributed by atoms with van der Waals surface area (Å²) in [5, 5.41) is 9.13. The Balaban J connectivity index is 2.73. The predicted octanol–water partition coefficient (Wildman–Crippen LogP) is 1.57. The van der Waals surface area contributed by atoms with Crippen molar-refractivity contribution in [3.63, 3.8) is 0 Å². The van der Waals surface area contributed by atoms with Crippen molar-refractivity contribution in [3.05, 3.63) is 0 Å². The maximum Gasteiger partial charge on any atom is 0.320 e. The normalized spacial score (nSPS) is 17.1. The standard InChI is InChI=1S/C14H26N2O3/c1-9(2)16(10(3)4)13(17)8-15(12-6-7-12)11(5)14(18)19/h9-12H,6-8H2,1-5H3,(H,18,19). The number of hydrogen-bond donors (Lipinski definition) is 1. The molecule has 5 nitrogen and oxygen atoms in total. The molecule has 0 spiro atoms. The van der Waals surface area contributed by atoms with Crippen LogP contribution in [0.25, 0.3) is 0 Å². The van der Waals surface area contributed by atoms with Crippen molar-refractivity contribution in [2.75, 3.05) is 6.54 Å². The predicted molar refractivity (Wildman–Crippen MR) is 73.9 cm³/mol. The van der Waals surface area contributed by atoms with Gasteiger partial charge >= 0.3 is 5.97 Å². The van der Waals surface area contributed by atoms with Crippen molar-refractivity contribution in [2.24, 2.45) is 0 Å². The summed E-state index contributed by atoms with van der Waals surface area (Å²) in [6.07, 6.45) is 1.99. The van der Waals surface area contributed by atoms with Gasteiger partial charge in [-0.05, 0) is 47.5 Å².